The van der Waals surface area contributed by atoms with Crippen LogP contribution in [0.15, 0.2) is 70.2 Å². The SMILES string of the molecule is O=C(COc1ccccc1Cl)N/N=C\c1ccc(-c2ccc(I)cc2)o1. The summed E-state index contributed by atoms with van der Waals surface area (Å²) in [6.45, 7) is -0.187. The molecule has 3 rings (SSSR count). The third-order valence-corrected chi connectivity index (χ3v) is 4.36. The molecular formula is C19H14ClIN2O3. The molecule has 1 N–H and O–H groups in total. The van der Waals surface area contributed by atoms with Crippen LogP contribution in [0.3, 0.4) is 0 Å². The highest BCUT2D eigenvalue weighted by Crippen LogP contribution is 2.23. The Hall–Kier alpha value is -2.32. The van der Waals surface area contributed by atoms with Crippen LogP contribution in [-0.2, 0) is 4.79 Å². The van der Waals surface area contributed by atoms with Gasteiger partial charge in [-0.2, -0.15) is 5.10 Å². The van der Waals surface area contributed by atoms with E-state index in [2.05, 4.69) is 33.1 Å². The van der Waals surface area contributed by atoms with Crippen LogP contribution in [0.2, 0.25) is 5.02 Å². The lowest BCUT2D eigenvalue weighted by Gasteiger charge is -2.06. The number of halogens is 2. The minimum absolute atomic E-state index is 0.187. The fourth-order valence-electron chi connectivity index (χ4n) is 2.10. The Morgan fingerprint density at radius 2 is 1.92 bits per heavy atom. The van der Waals surface area contributed by atoms with Gasteiger partial charge in [0.25, 0.3) is 5.91 Å². The number of hydrogen-bond acceptors (Lipinski definition) is 4. The Morgan fingerprint density at radius 1 is 1.15 bits per heavy atom. The predicted octanol–water partition coefficient (Wildman–Crippen LogP) is 4.73. The molecule has 0 spiro atoms. The van der Waals surface area contributed by atoms with Crippen LogP contribution in [0.1, 0.15) is 5.76 Å². The fraction of sp³-hybridized carbons (Fsp3) is 0.0526. The standard InChI is InChI=1S/C19H14ClIN2O3/c20-16-3-1-2-4-18(16)25-12-19(24)23-22-11-15-9-10-17(26-15)13-5-7-14(21)8-6-13/h1-11H,12H2,(H,23,24)/b22-11-. The molecule has 1 heterocycles. The van der Waals surface area contributed by atoms with Gasteiger partial charge in [0.15, 0.2) is 6.61 Å². The normalized spacial score (nSPS) is 10.8. The first-order valence-corrected chi connectivity index (χ1v) is 9.12. The number of benzene rings is 2. The van der Waals surface area contributed by atoms with Crippen molar-refractivity contribution in [2.45, 2.75) is 0 Å². The second-order valence-electron chi connectivity index (χ2n) is 5.22. The Kier molecular flexibility index (Phi) is 6.30. The Morgan fingerprint density at radius 3 is 2.69 bits per heavy atom. The first-order valence-electron chi connectivity index (χ1n) is 7.67. The third kappa shape index (κ3) is 5.09. The highest BCUT2D eigenvalue weighted by atomic mass is 127. The molecule has 0 saturated heterocycles. The average Bonchev–Trinajstić information content (AvgIpc) is 3.10. The zero-order valence-electron chi connectivity index (χ0n) is 13.5. The number of amides is 1. The van der Waals surface area contributed by atoms with Crippen molar-refractivity contribution in [2.24, 2.45) is 5.10 Å². The van der Waals surface area contributed by atoms with E-state index in [0.717, 1.165) is 14.9 Å². The Balaban J connectivity index is 1.51. The third-order valence-electron chi connectivity index (χ3n) is 3.33. The molecule has 0 aliphatic carbocycles. The van der Waals surface area contributed by atoms with Crippen LogP contribution in [0.5, 0.6) is 5.75 Å². The van der Waals surface area contributed by atoms with Gasteiger partial charge in [0, 0.05) is 9.13 Å². The Labute approximate surface area is 169 Å². The average molecular weight is 481 g/mol. The lowest BCUT2D eigenvalue weighted by Crippen LogP contribution is -2.24. The zero-order valence-corrected chi connectivity index (χ0v) is 16.4. The molecule has 0 unspecified atom stereocenters. The molecule has 7 heteroatoms. The molecule has 0 fully saturated rings. The maximum absolute atomic E-state index is 11.8. The Bertz CT molecular complexity index is 923. The van der Waals surface area contributed by atoms with Gasteiger partial charge >= 0.3 is 0 Å². The second-order valence-corrected chi connectivity index (χ2v) is 6.87. The fourth-order valence-corrected chi connectivity index (χ4v) is 2.65. The largest absolute Gasteiger partial charge is 0.482 e. The molecule has 0 saturated carbocycles. The molecule has 0 atom stereocenters. The van der Waals surface area contributed by atoms with Gasteiger partial charge < -0.3 is 9.15 Å². The highest BCUT2D eigenvalue weighted by molar-refractivity contribution is 14.1. The van der Waals surface area contributed by atoms with Crippen LogP contribution in [0, 0.1) is 3.57 Å². The zero-order chi connectivity index (χ0) is 18.4. The molecule has 5 nitrogen and oxygen atoms in total. The van der Waals surface area contributed by atoms with Gasteiger partial charge in [-0.05, 0) is 59.0 Å². The summed E-state index contributed by atoms with van der Waals surface area (Å²) in [5, 5.41) is 4.31. The predicted molar refractivity (Wildman–Crippen MR) is 110 cm³/mol. The van der Waals surface area contributed by atoms with E-state index < -0.39 is 5.91 Å². The first kappa shape index (κ1) is 18.5. The van der Waals surface area contributed by atoms with E-state index in [1.807, 2.05) is 30.3 Å². The minimum atomic E-state index is -0.398. The molecule has 0 aliphatic heterocycles. The lowest BCUT2D eigenvalue weighted by molar-refractivity contribution is -0.123. The minimum Gasteiger partial charge on any atom is -0.482 e. The molecule has 0 aliphatic rings. The molecule has 0 radical (unpaired) electrons. The maximum atomic E-state index is 11.8. The van der Waals surface area contributed by atoms with Crippen molar-refractivity contribution >= 4 is 46.3 Å². The van der Waals surface area contributed by atoms with Crippen molar-refractivity contribution < 1.29 is 13.9 Å². The second kappa shape index (κ2) is 8.86. The molecule has 0 bridgehead atoms. The van der Waals surface area contributed by atoms with Crippen molar-refractivity contribution in [2.75, 3.05) is 6.61 Å². The van der Waals surface area contributed by atoms with Crippen LogP contribution in [0.4, 0.5) is 0 Å². The molecule has 1 amide bonds. The van der Waals surface area contributed by atoms with Gasteiger partial charge in [-0.25, -0.2) is 5.43 Å². The van der Waals surface area contributed by atoms with E-state index in [1.165, 1.54) is 6.21 Å². The summed E-state index contributed by atoms with van der Waals surface area (Å²) in [5.74, 6) is 1.31. The number of furan rings is 1. The number of rotatable bonds is 6. The molecule has 132 valence electrons. The summed E-state index contributed by atoms with van der Waals surface area (Å²) in [6.07, 6.45) is 1.43. The van der Waals surface area contributed by atoms with Gasteiger partial charge in [-0.3, -0.25) is 4.79 Å². The van der Waals surface area contributed by atoms with Crippen molar-refractivity contribution in [3.63, 3.8) is 0 Å². The van der Waals surface area contributed by atoms with Crippen LogP contribution in [0.25, 0.3) is 11.3 Å². The quantitative estimate of drug-likeness (QED) is 0.315. The summed E-state index contributed by atoms with van der Waals surface area (Å²) >= 11 is 8.20. The van der Waals surface area contributed by atoms with E-state index in [-0.39, 0.29) is 6.61 Å². The van der Waals surface area contributed by atoms with E-state index in [0.29, 0.717) is 16.5 Å². The van der Waals surface area contributed by atoms with Crippen LogP contribution < -0.4 is 10.2 Å². The molecule has 1 aromatic heterocycles. The first-order chi connectivity index (χ1) is 12.6. The number of carbonyl (C=O) groups excluding carboxylic acids is 1. The van der Waals surface area contributed by atoms with Crippen molar-refractivity contribution in [1.82, 2.24) is 5.43 Å². The van der Waals surface area contributed by atoms with Crippen molar-refractivity contribution in [1.29, 1.82) is 0 Å². The van der Waals surface area contributed by atoms with Gasteiger partial charge in [0.1, 0.15) is 17.3 Å². The van der Waals surface area contributed by atoms with E-state index in [9.17, 15) is 4.79 Å². The van der Waals surface area contributed by atoms with E-state index in [1.54, 1.807) is 30.3 Å². The summed E-state index contributed by atoms with van der Waals surface area (Å²) in [4.78, 5) is 11.8. The molecule has 26 heavy (non-hydrogen) atoms. The van der Waals surface area contributed by atoms with Crippen molar-refractivity contribution in [3.05, 3.63) is 75.0 Å². The summed E-state index contributed by atoms with van der Waals surface area (Å²) in [6, 6.07) is 18.5. The summed E-state index contributed by atoms with van der Waals surface area (Å²) in [7, 11) is 0. The van der Waals surface area contributed by atoms with Gasteiger partial charge in [-0.1, -0.05) is 35.9 Å². The van der Waals surface area contributed by atoms with E-state index in [4.69, 9.17) is 20.8 Å². The highest BCUT2D eigenvalue weighted by Gasteiger charge is 2.05. The molecule has 2 aromatic carbocycles. The molecular weight excluding hydrogens is 467 g/mol. The number of para-hydroxylation sites is 1. The number of nitrogens with one attached hydrogen (secondary N) is 1. The number of hydrazone groups is 1. The van der Waals surface area contributed by atoms with Gasteiger partial charge in [0.05, 0.1) is 11.2 Å². The monoisotopic (exact) mass is 480 g/mol. The number of nitrogens with zero attached hydrogens (tertiary/aromatic N) is 1. The topological polar surface area (TPSA) is 63.8 Å². The smallest absolute Gasteiger partial charge is 0.277 e. The summed E-state index contributed by atoms with van der Waals surface area (Å²) in [5.41, 5.74) is 3.35. The lowest BCUT2D eigenvalue weighted by atomic mass is 10.2. The number of carbonyl (C=O) groups is 1. The molecule has 3 aromatic rings. The maximum Gasteiger partial charge on any atom is 0.277 e. The van der Waals surface area contributed by atoms with Gasteiger partial charge in [0.2, 0.25) is 0 Å². The summed E-state index contributed by atoms with van der Waals surface area (Å²) < 4.78 is 12.2. The number of hydrogen-bond donors (Lipinski definition) is 1. The number of ether oxygens (including phenoxy) is 1. The van der Waals surface area contributed by atoms with Crippen LogP contribution in [-0.4, -0.2) is 18.7 Å². The van der Waals surface area contributed by atoms with Crippen LogP contribution >= 0.6 is 34.2 Å². The van der Waals surface area contributed by atoms with Crippen molar-refractivity contribution in [3.8, 4) is 17.1 Å². The van der Waals surface area contributed by atoms with E-state index >= 15 is 0 Å². The van der Waals surface area contributed by atoms with Gasteiger partial charge in [-0.15, -0.1) is 0 Å².